The fourth-order valence-electron chi connectivity index (χ4n) is 2.71. The van der Waals surface area contributed by atoms with E-state index in [-0.39, 0.29) is 6.61 Å². The molecule has 4 rings (SSSR count). The van der Waals surface area contributed by atoms with E-state index in [2.05, 4.69) is 10.1 Å². The molecule has 0 aliphatic heterocycles. The Morgan fingerprint density at radius 2 is 2.00 bits per heavy atom. The second kappa shape index (κ2) is 9.15. The van der Waals surface area contributed by atoms with Gasteiger partial charge in [-0.1, -0.05) is 11.6 Å². The SMILES string of the molecule is CCn1cc(-c2nc(-c3ccc(COC=O)nc3)c(Sc3ccc(Cl)cc3)o2)cn1. The maximum Gasteiger partial charge on any atom is 0.293 e. The summed E-state index contributed by atoms with van der Waals surface area (Å²) in [5.41, 5.74) is 2.90. The third kappa shape index (κ3) is 4.55. The molecule has 152 valence electrons. The van der Waals surface area contributed by atoms with Crippen LogP contribution in [0.1, 0.15) is 12.6 Å². The maximum atomic E-state index is 10.4. The van der Waals surface area contributed by atoms with Gasteiger partial charge in [-0.2, -0.15) is 5.10 Å². The van der Waals surface area contributed by atoms with Gasteiger partial charge in [0.1, 0.15) is 12.3 Å². The summed E-state index contributed by atoms with van der Waals surface area (Å²) in [5, 5.41) is 5.60. The van der Waals surface area contributed by atoms with Gasteiger partial charge >= 0.3 is 0 Å². The van der Waals surface area contributed by atoms with Crippen LogP contribution in [0.2, 0.25) is 5.02 Å². The second-order valence-corrected chi connectivity index (χ2v) is 7.72. The Morgan fingerprint density at radius 3 is 2.67 bits per heavy atom. The Kier molecular flexibility index (Phi) is 6.15. The molecule has 0 atom stereocenters. The van der Waals surface area contributed by atoms with Gasteiger partial charge in [0.05, 0.1) is 17.5 Å². The van der Waals surface area contributed by atoms with Gasteiger partial charge in [-0.05, 0) is 55.1 Å². The summed E-state index contributed by atoms with van der Waals surface area (Å²) in [5.74, 6) is 0.481. The molecule has 0 amide bonds. The smallest absolute Gasteiger partial charge is 0.293 e. The molecule has 0 unspecified atom stereocenters. The van der Waals surface area contributed by atoms with Crippen LogP contribution in [0, 0.1) is 0 Å². The van der Waals surface area contributed by atoms with E-state index < -0.39 is 0 Å². The van der Waals surface area contributed by atoms with Crippen molar-refractivity contribution >= 4 is 29.8 Å². The average molecular weight is 441 g/mol. The summed E-state index contributed by atoms with van der Waals surface area (Å²) >= 11 is 7.45. The predicted molar refractivity (Wildman–Crippen MR) is 113 cm³/mol. The molecule has 1 aromatic carbocycles. The van der Waals surface area contributed by atoms with Crippen LogP contribution in [0.15, 0.2) is 69.4 Å². The molecule has 4 aromatic rings. The number of carbonyl (C=O) groups excluding carboxylic acids is 1. The minimum absolute atomic E-state index is 0.121. The van der Waals surface area contributed by atoms with E-state index in [1.165, 1.54) is 11.8 Å². The summed E-state index contributed by atoms with van der Waals surface area (Å²) in [7, 11) is 0. The molecule has 0 aliphatic carbocycles. The summed E-state index contributed by atoms with van der Waals surface area (Å²) in [6, 6.07) is 11.2. The zero-order valence-electron chi connectivity index (χ0n) is 16.0. The van der Waals surface area contributed by atoms with Gasteiger partial charge < -0.3 is 9.15 Å². The van der Waals surface area contributed by atoms with Crippen molar-refractivity contribution in [3.8, 4) is 22.7 Å². The third-order valence-corrected chi connectivity index (χ3v) is 5.44. The number of nitrogens with zero attached hydrogens (tertiary/aromatic N) is 4. The van der Waals surface area contributed by atoms with Crippen LogP contribution in [0.25, 0.3) is 22.7 Å². The van der Waals surface area contributed by atoms with Crippen LogP contribution < -0.4 is 0 Å². The normalized spacial score (nSPS) is 10.9. The molecule has 7 nitrogen and oxygen atoms in total. The molecule has 0 saturated carbocycles. The second-order valence-electron chi connectivity index (χ2n) is 6.24. The summed E-state index contributed by atoms with van der Waals surface area (Å²) < 4.78 is 12.7. The van der Waals surface area contributed by atoms with Crippen LogP contribution in [-0.4, -0.2) is 26.2 Å². The molecule has 0 bridgehead atoms. The number of aryl methyl sites for hydroxylation is 1. The van der Waals surface area contributed by atoms with Gasteiger partial charge in [-0.15, -0.1) is 0 Å². The first kappa shape index (κ1) is 20.2. The molecule has 0 spiro atoms. The number of rotatable bonds is 8. The lowest BCUT2D eigenvalue weighted by Crippen LogP contribution is -1.94. The van der Waals surface area contributed by atoms with Crippen LogP contribution >= 0.6 is 23.4 Å². The topological polar surface area (TPSA) is 83.0 Å². The Morgan fingerprint density at radius 1 is 1.17 bits per heavy atom. The third-order valence-electron chi connectivity index (χ3n) is 4.22. The lowest BCUT2D eigenvalue weighted by Gasteiger charge is -2.03. The lowest BCUT2D eigenvalue weighted by atomic mass is 10.2. The fraction of sp³-hybridized carbons (Fsp3) is 0.143. The number of aromatic nitrogens is 4. The zero-order chi connectivity index (χ0) is 20.9. The molecule has 0 aliphatic rings. The first-order valence-corrected chi connectivity index (χ1v) is 10.3. The van der Waals surface area contributed by atoms with E-state index >= 15 is 0 Å². The highest BCUT2D eigenvalue weighted by Gasteiger charge is 2.19. The quantitative estimate of drug-likeness (QED) is 0.352. The summed E-state index contributed by atoms with van der Waals surface area (Å²) in [6.07, 6.45) is 5.31. The molecular weight excluding hydrogens is 424 g/mol. The molecule has 0 radical (unpaired) electrons. The van der Waals surface area contributed by atoms with Gasteiger partial charge in [0.25, 0.3) is 6.47 Å². The van der Waals surface area contributed by atoms with Crippen LogP contribution in [0.4, 0.5) is 0 Å². The molecule has 30 heavy (non-hydrogen) atoms. The Bertz CT molecular complexity index is 1140. The van der Waals surface area contributed by atoms with Gasteiger partial charge in [0.2, 0.25) is 5.89 Å². The lowest BCUT2D eigenvalue weighted by molar-refractivity contribution is -0.129. The minimum Gasteiger partial charge on any atom is -0.461 e. The molecule has 0 N–H and O–H groups in total. The van der Waals surface area contributed by atoms with Crippen molar-refractivity contribution in [2.24, 2.45) is 0 Å². The first-order chi connectivity index (χ1) is 14.7. The number of ether oxygens (including phenoxy) is 1. The monoisotopic (exact) mass is 440 g/mol. The molecule has 3 heterocycles. The number of pyridine rings is 1. The number of hydrogen-bond acceptors (Lipinski definition) is 7. The molecule has 3 aromatic heterocycles. The van der Waals surface area contributed by atoms with Crippen molar-refractivity contribution in [3.63, 3.8) is 0 Å². The zero-order valence-corrected chi connectivity index (χ0v) is 17.6. The van der Waals surface area contributed by atoms with Crippen LogP contribution in [-0.2, 0) is 22.7 Å². The number of benzene rings is 1. The largest absolute Gasteiger partial charge is 0.461 e. The molecule has 0 fully saturated rings. The van der Waals surface area contributed by atoms with Crippen molar-refractivity contribution < 1.29 is 13.9 Å². The highest BCUT2D eigenvalue weighted by molar-refractivity contribution is 7.99. The Balaban J connectivity index is 1.70. The van der Waals surface area contributed by atoms with E-state index in [1.807, 2.05) is 48.1 Å². The van der Waals surface area contributed by atoms with Crippen molar-refractivity contribution in [1.82, 2.24) is 19.7 Å². The average Bonchev–Trinajstić information content (AvgIpc) is 3.41. The van der Waals surface area contributed by atoms with Crippen molar-refractivity contribution in [2.45, 2.75) is 30.1 Å². The van der Waals surface area contributed by atoms with Gasteiger partial charge in [-0.3, -0.25) is 14.5 Å². The van der Waals surface area contributed by atoms with E-state index in [0.29, 0.717) is 33.9 Å². The number of oxazole rings is 1. The number of carbonyl (C=O) groups is 1. The van der Waals surface area contributed by atoms with Gasteiger partial charge in [-0.25, -0.2) is 4.98 Å². The van der Waals surface area contributed by atoms with E-state index in [9.17, 15) is 4.79 Å². The van der Waals surface area contributed by atoms with Crippen molar-refractivity contribution in [3.05, 3.63) is 65.7 Å². The number of hydrogen-bond donors (Lipinski definition) is 0. The molecule has 0 saturated heterocycles. The van der Waals surface area contributed by atoms with Crippen molar-refractivity contribution in [1.29, 1.82) is 0 Å². The summed E-state index contributed by atoms with van der Waals surface area (Å²) in [6.45, 7) is 3.29. The Hall–Kier alpha value is -3.10. The number of halogens is 1. The minimum atomic E-state index is 0.121. The van der Waals surface area contributed by atoms with Crippen LogP contribution in [0.3, 0.4) is 0 Å². The molecule has 9 heteroatoms. The fourth-order valence-corrected chi connectivity index (χ4v) is 3.70. The van der Waals surface area contributed by atoms with E-state index in [1.54, 1.807) is 18.5 Å². The predicted octanol–water partition coefficient (Wildman–Crippen LogP) is 5.10. The standard InChI is InChI=1S/C21H17ClN4O3S/c1-2-26-11-15(10-24-26)20-25-19(14-3-6-17(23-9-14)12-28-13-27)21(29-20)30-18-7-4-16(22)5-8-18/h3-11,13H,2,12H2,1H3. The van der Waals surface area contributed by atoms with E-state index in [0.717, 1.165) is 22.6 Å². The highest BCUT2D eigenvalue weighted by atomic mass is 35.5. The Labute approximate surface area is 182 Å². The molecular formula is C21H17ClN4O3S. The first-order valence-electron chi connectivity index (χ1n) is 9.14. The summed E-state index contributed by atoms with van der Waals surface area (Å²) in [4.78, 5) is 20.4. The van der Waals surface area contributed by atoms with Gasteiger partial charge in [0, 0.05) is 34.4 Å². The maximum absolute atomic E-state index is 10.4. The highest BCUT2D eigenvalue weighted by Crippen LogP contribution is 2.39. The van der Waals surface area contributed by atoms with Crippen molar-refractivity contribution in [2.75, 3.05) is 0 Å². The van der Waals surface area contributed by atoms with E-state index in [4.69, 9.17) is 25.7 Å². The van der Waals surface area contributed by atoms with Crippen LogP contribution in [0.5, 0.6) is 0 Å². The van der Waals surface area contributed by atoms with Gasteiger partial charge in [0.15, 0.2) is 5.09 Å².